The Labute approximate surface area is 129 Å². The molecule has 0 amide bonds. The Morgan fingerprint density at radius 2 is 1.27 bits per heavy atom. The molecule has 0 radical (unpaired) electrons. The molecule has 4 heteroatoms. The predicted molar refractivity (Wildman–Crippen MR) is 82.3 cm³/mol. The molecular formula is C18H18O4. The van der Waals surface area contributed by atoms with Crippen LogP contribution in [0.1, 0.15) is 17.5 Å². The van der Waals surface area contributed by atoms with Crippen molar-refractivity contribution >= 4 is 11.9 Å². The third kappa shape index (κ3) is 2.86. The molecule has 0 saturated heterocycles. The van der Waals surface area contributed by atoms with Gasteiger partial charge in [-0.3, -0.25) is 9.59 Å². The Morgan fingerprint density at radius 1 is 0.818 bits per heavy atom. The van der Waals surface area contributed by atoms with E-state index in [-0.39, 0.29) is 6.42 Å². The van der Waals surface area contributed by atoms with E-state index in [2.05, 4.69) is 0 Å². The van der Waals surface area contributed by atoms with Crippen LogP contribution in [0.2, 0.25) is 0 Å². The van der Waals surface area contributed by atoms with Gasteiger partial charge in [-0.15, -0.1) is 0 Å². The lowest BCUT2D eigenvalue weighted by Gasteiger charge is -2.31. The van der Waals surface area contributed by atoms with Crippen molar-refractivity contribution in [3.05, 3.63) is 71.8 Å². The van der Waals surface area contributed by atoms with Crippen molar-refractivity contribution in [1.82, 2.24) is 0 Å². The van der Waals surface area contributed by atoms with Gasteiger partial charge in [0.2, 0.25) is 0 Å². The fourth-order valence-corrected chi connectivity index (χ4v) is 2.59. The van der Waals surface area contributed by atoms with Crippen molar-refractivity contribution < 1.29 is 19.1 Å². The maximum atomic E-state index is 12.7. The summed E-state index contributed by atoms with van der Waals surface area (Å²) in [5, 5.41) is 0. The van der Waals surface area contributed by atoms with Crippen molar-refractivity contribution in [2.24, 2.45) is 0 Å². The van der Waals surface area contributed by atoms with E-state index in [9.17, 15) is 9.59 Å². The summed E-state index contributed by atoms with van der Waals surface area (Å²) in [4.78, 5) is 24.6. The molecule has 0 atom stereocenters. The van der Waals surface area contributed by atoms with Crippen molar-refractivity contribution in [2.45, 2.75) is 11.8 Å². The van der Waals surface area contributed by atoms with Gasteiger partial charge in [-0.1, -0.05) is 60.7 Å². The van der Waals surface area contributed by atoms with Crippen LogP contribution in [0.25, 0.3) is 0 Å². The zero-order chi connectivity index (χ0) is 16.0. The molecule has 0 aromatic heterocycles. The largest absolute Gasteiger partial charge is 0.469 e. The maximum absolute atomic E-state index is 12.7. The average Bonchev–Trinajstić information content (AvgIpc) is 2.60. The predicted octanol–water partition coefficient (Wildman–Crippen LogP) is 2.71. The minimum absolute atomic E-state index is 0.121. The van der Waals surface area contributed by atoms with Crippen LogP contribution in [-0.2, 0) is 24.5 Å². The van der Waals surface area contributed by atoms with Crippen LogP contribution in [0.4, 0.5) is 0 Å². The number of esters is 2. The summed E-state index contributed by atoms with van der Waals surface area (Å²) >= 11 is 0. The summed E-state index contributed by atoms with van der Waals surface area (Å²) in [5.74, 6) is -0.964. The second-order valence-electron chi connectivity index (χ2n) is 4.88. The molecular weight excluding hydrogens is 280 g/mol. The summed E-state index contributed by atoms with van der Waals surface area (Å²) in [6.07, 6.45) is -0.121. The lowest BCUT2D eigenvalue weighted by molar-refractivity contribution is -0.152. The number of methoxy groups -OCH3 is 2. The van der Waals surface area contributed by atoms with Crippen molar-refractivity contribution in [3.63, 3.8) is 0 Å². The highest BCUT2D eigenvalue weighted by molar-refractivity contribution is 5.92. The van der Waals surface area contributed by atoms with Gasteiger partial charge in [0.05, 0.1) is 20.6 Å². The lowest BCUT2D eigenvalue weighted by Crippen LogP contribution is -2.40. The highest BCUT2D eigenvalue weighted by Gasteiger charge is 2.45. The van der Waals surface area contributed by atoms with Crippen molar-refractivity contribution in [1.29, 1.82) is 0 Å². The Kier molecular flexibility index (Phi) is 4.94. The van der Waals surface area contributed by atoms with Crippen LogP contribution in [-0.4, -0.2) is 26.2 Å². The Bertz CT molecular complexity index is 595. The highest BCUT2D eigenvalue weighted by atomic mass is 16.5. The summed E-state index contributed by atoms with van der Waals surface area (Å²) in [6.45, 7) is 0. The maximum Gasteiger partial charge on any atom is 0.321 e. The topological polar surface area (TPSA) is 52.6 Å². The third-order valence-electron chi connectivity index (χ3n) is 3.70. The fourth-order valence-electron chi connectivity index (χ4n) is 2.59. The van der Waals surface area contributed by atoms with Gasteiger partial charge in [-0.2, -0.15) is 0 Å². The van der Waals surface area contributed by atoms with Gasteiger partial charge >= 0.3 is 11.9 Å². The van der Waals surface area contributed by atoms with E-state index in [1.807, 2.05) is 60.7 Å². The van der Waals surface area contributed by atoms with E-state index in [0.29, 0.717) is 11.1 Å². The molecule has 0 spiro atoms. The second kappa shape index (κ2) is 6.89. The van der Waals surface area contributed by atoms with Gasteiger partial charge in [0, 0.05) is 0 Å². The Morgan fingerprint density at radius 3 is 1.64 bits per heavy atom. The molecule has 0 aliphatic heterocycles. The smallest absolute Gasteiger partial charge is 0.321 e. The summed E-state index contributed by atoms with van der Waals surface area (Å²) in [6, 6.07) is 18.3. The molecule has 2 rings (SSSR count). The van der Waals surface area contributed by atoms with Crippen LogP contribution in [0.15, 0.2) is 60.7 Å². The number of hydrogen-bond acceptors (Lipinski definition) is 4. The zero-order valence-electron chi connectivity index (χ0n) is 12.6. The SMILES string of the molecule is COC(=O)CC(C(=O)OC)(c1ccccc1)c1ccccc1. The Hall–Kier alpha value is -2.62. The van der Waals surface area contributed by atoms with Gasteiger partial charge in [-0.25, -0.2) is 0 Å². The van der Waals surface area contributed by atoms with Crippen LogP contribution in [0.3, 0.4) is 0 Å². The van der Waals surface area contributed by atoms with Gasteiger partial charge < -0.3 is 9.47 Å². The normalized spacial score (nSPS) is 10.8. The summed E-state index contributed by atoms with van der Waals surface area (Å²) < 4.78 is 9.82. The van der Waals surface area contributed by atoms with E-state index in [1.54, 1.807) is 0 Å². The number of benzene rings is 2. The average molecular weight is 298 g/mol. The minimum Gasteiger partial charge on any atom is -0.469 e. The first-order chi connectivity index (χ1) is 10.6. The molecule has 0 saturated carbocycles. The van der Waals surface area contributed by atoms with Crippen LogP contribution in [0.5, 0.6) is 0 Å². The molecule has 0 aliphatic carbocycles. The molecule has 114 valence electrons. The van der Waals surface area contributed by atoms with Gasteiger partial charge in [0.1, 0.15) is 5.41 Å². The van der Waals surface area contributed by atoms with Crippen molar-refractivity contribution in [3.8, 4) is 0 Å². The first kappa shape index (κ1) is 15.8. The molecule has 22 heavy (non-hydrogen) atoms. The molecule has 0 aliphatic rings. The molecule has 0 unspecified atom stereocenters. The molecule has 0 heterocycles. The number of carbonyl (C=O) groups excluding carboxylic acids is 2. The van der Waals surface area contributed by atoms with E-state index >= 15 is 0 Å². The van der Waals surface area contributed by atoms with Gasteiger partial charge in [-0.05, 0) is 11.1 Å². The van der Waals surface area contributed by atoms with Gasteiger partial charge in [0.25, 0.3) is 0 Å². The molecule has 0 N–H and O–H groups in total. The number of hydrogen-bond donors (Lipinski definition) is 0. The quantitative estimate of drug-likeness (QED) is 0.796. The Balaban J connectivity index is 2.69. The third-order valence-corrected chi connectivity index (χ3v) is 3.70. The second-order valence-corrected chi connectivity index (χ2v) is 4.88. The van der Waals surface area contributed by atoms with Crippen LogP contribution < -0.4 is 0 Å². The lowest BCUT2D eigenvalue weighted by atomic mass is 9.72. The van der Waals surface area contributed by atoms with Crippen LogP contribution >= 0.6 is 0 Å². The van der Waals surface area contributed by atoms with E-state index < -0.39 is 17.4 Å². The van der Waals surface area contributed by atoms with Gasteiger partial charge in [0.15, 0.2) is 0 Å². The van der Waals surface area contributed by atoms with E-state index in [4.69, 9.17) is 9.47 Å². The fraction of sp³-hybridized carbons (Fsp3) is 0.222. The van der Waals surface area contributed by atoms with Crippen LogP contribution in [0, 0.1) is 0 Å². The molecule has 4 nitrogen and oxygen atoms in total. The molecule has 0 bridgehead atoms. The standard InChI is InChI=1S/C18H18O4/c1-21-16(19)13-18(17(20)22-2,14-9-5-3-6-10-14)15-11-7-4-8-12-15/h3-12H,13H2,1-2H3. The summed E-state index contributed by atoms with van der Waals surface area (Å²) in [7, 11) is 2.63. The van der Waals surface area contributed by atoms with E-state index in [1.165, 1.54) is 14.2 Å². The number of ether oxygens (including phenoxy) is 2. The first-order valence-corrected chi connectivity index (χ1v) is 6.91. The molecule has 0 fully saturated rings. The number of carbonyl (C=O) groups is 2. The monoisotopic (exact) mass is 298 g/mol. The zero-order valence-corrected chi connectivity index (χ0v) is 12.6. The number of rotatable bonds is 5. The van der Waals surface area contributed by atoms with E-state index in [0.717, 1.165) is 0 Å². The molecule has 2 aromatic rings. The highest BCUT2D eigenvalue weighted by Crippen LogP contribution is 2.37. The molecule has 2 aromatic carbocycles. The minimum atomic E-state index is -1.22. The summed E-state index contributed by atoms with van der Waals surface area (Å²) in [5.41, 5.74) is 0.168. The van der Waals surface area contributed by atoms with Crippen molar-refractivity contribution in [2.75, 3.05) is 14.2 Å². The first-order valence-electron chi connectivity index (χ1n) is 6.91.